The number of aliphatic hydroxyl groups is 1. The van der Waals surface area contributed by atoms with Crippen LogP contribution in [0.25, 0.3) is 0 Å². The lowest BCUT2D eigenvalue weighted by atomic mass is 9.97. The van der Waals surface area contributed by atoms with Gasteiger partial charge in [0.05, 0.1) is 17.4 Å². The summed E-state index contributed by atoms with van der Waals surface area (Å²) < 4.78 is 38.9. The van der Waals surface area contributed by atoms with E-state index < -0.39 is 17.8 Å². The van der Waals surface area contributed by atoms with E-state index in [0.29, 0.717) is 6.54 Å². The first-order valence-electron chi connectivity index (χ1n) is 6.83. The van der Waals surface area contributed by atoms with Crippen LogP contribution in [0, 0.1) is 0 Å². The summed E-state index contributed by atoms with van der Waals surface area (Å²) in [5.41, 5.74) is -0.650. The molecule has 20 heavy (non-hydrogen) atoms. The number of pyridine rings is 1. The van der Waals surface area contributed by atoms with Gasteiger partial charge in [0.2, 0.25) is 0 Å². The molecule has 2 rings (SSSR count). The van der Waals surface area contributed by atoms with Crippen molar-refractivity contribution in [2.45, 2.75) is 51.1 Å². The molecule has 1 fully saturated rings. The number of likely N-dealkylation sites (tertiary alicyclic amines) is 1. The van der Waals surface area contributed by atoms with E-state index in [1.165, 1.54) is 12.3 Å². The lowest BCUT2D eigenvalue weighted by Gasteiger charge is -2.37. The average Bonchev–Trinajstić information content (AvgIpc) is 2.38. The maximum absolute atomic E-state index is 13.0. The first kappa shape index (κ1) is 15.3. The predicted molar refractivity (Wildman–Crippen MR) is 69.0 cm³/mol. The molecule has 2 unspecified atom stereocenters. The Bertz CT molecular complexity index is 448. The monoisotopic (exact) mass is 288 g/mol. The lowest BCUT2D eigenvalue weighted by molar-refractivity contribution is -0.139. The fraction of sp³-hybridized carbons (Fsp3) is 0.643. The van der Waals surface area contributed by atoms with E-state index in [4.69, 9.17) is 0 Å². The number of rotatable bonds is 3. The molecule has 0 aliphatic carbocycles. The maximum atomic E-state index is 13.0. The average molecular weight is 288 g/mol. The predicted octanol–water partition coefficient (Wildman–Crippen LogP) is 2.84. The zero-order chi connectivity index (χ0) is 14.8. The molecule has 0 aromatic carbocycles. The number of hydrogen-bond acceptors (Lipinski definition) is 3. The van der Waals surface area contributed by atoms with Gasteiger partial charge in [-0.3, -0.25) is 9.88 Å². The summed E-state index contributed by atoms with van der Waals surface area (Å²) in [5, 5.41) is 9.77. The van der Waals surface area contributed by atoms with E-state index in [2.05, 4.69) is 4.98 Å². The molecule has 1 aliphatic heterocycles. The van der Waals surface area contributed by atoms with E-state index in [0.717, 1.165) is 25.3 Å². The Kier molecular flexibility index (Phi) is 4.65. The molecule has 0 saturated carbocycles. The van der Waals surface area contributed by atoms with Gasteiger partial charge in [-0.1, -0.05) is 6.42 Å². The summed E-state index contributed by atoms with van der Waals surface area (Å²) in [6.45, 7) is 2.51. The molecular weight excluding hydrogens is 269 g/mol. The number of piperidine rings is 1. The van der Waals surface area contributed by atoms with Crippen molar-refractivity contribution in [1.29, 1.82) is 0 Å². The molecule has 112 valence electrons. The highest BCUT2D eigenvalue weighted by molar-refractivity contribution is 5.23. The highest BCUT2D eigenvalue weighted by atomic mass is 19.4. The van der Waals surface area contributed by atoms with Crippen molar-refractivity contribution in [2.75, 3.05) is 6.54 Å². The number of hydrogen-bond donors (Lipinski definition) is 1. The van der Waals surface area contributed by atoms with Crippen molar-refractivity contribution < 1.29 is 18.3 Å². The molecule has 6 heteroatoms. The Labute approximate surface area is 116 Å². The highest BCUT2D eigenvalue weighted by Crippen LogP contribution is 2.32. The summed E-state index contributed by atoms with van der Waals surface area (Å²) in [4.78, 5) is 5.80. The van der Waals surface area contributed by atoms with Gasteiger partial charge in [-0.05, 0) is 38.4 Å². The molecule has 1 aliphatic rings. The molecule has 0 amide bonds. The van der Waals surface area contributed by atoms with Crippen LogP contribution in [0.15, 0.2) is 18.3 Å². The molecule has 0 spiro atoms. The number of halogens is 3. The van der Waals surface area contributed by atoms with E-state index >= 15 is 0 Å². The van der Waals surface area contributed by atoms with Crippen LogP contribution < -0.4 is 0 Å². The molecule has 3 nitrogen and oxygen atoms in total. The molecule has 0 radical (unpaired) electrons. The van der Waals surface area contributed by atoms with Crippen molar-refractivity contribution in [3.8, 4) is 0 Å². The zero-order valence-electron chi connectivity index (χ0n) is 11.4. The summed E-state index contributed by atoms with van der Waals surface area (Å²) >= 11 is 0. The lowest BCUT2D eigenvalue weighted by Crippen LogP contribution is -2.45. The van der Waals surface area contributed by atoms with Gasteiger partial charge in [-0.15, -0.1) is 0 Å². The number of nitrogens with zero attached hydrogens (tertiary/aromatic N) is 2. The second kappa shape index (κ2) is 6.10. The second-order valence-corrected chi connectivity index (χ2v) is 5.27. The van der Waals surface area contributed by atoms with Gasteiger partial charge >= 0.3 is 6.18 Å². The Morgan fingerprint density at radius 3 is 2.85 bits per heavy atom. The minimum absolute atomic E-state index is 0.0348. The molecule has 0 bridgehead atoms. The van der Waals surface area contributed by atoms with E-state index in [1.807, 2.05) is 4.90 Å². The summed E-state index contributed by atoms with van der Waals surface area (Å²) in [7, 11) is 0. The SMILES string of the molecule is CC(O)C1CCCCN1Cc1ncccc1C(F)(F)F. The quantitative estimate of drug-likeness (QED) is 0.929. The van der Waals surface area contributed by atoms with Crippen LogP contribution in [0.3, 0.4) is 0 Å². The van der Waals surface area contributed by atoms with Crippen LogP contribution in [0.5, 0.6) is 0 Å². The Morgan fingerprint density at radius 1 is 1.45 bits per heavy atom. The molecule has 2 atom stereocenters. The van der Waals surface area contributed by atoms with Gasteiger partial charge < -0.3 is 5.11 Å². The summed E-state index contributed by atoms with van der Waals surface area (Å²) in [5.74, 6) is 0. The largest absolute Gasteiger partial charge is 0.418 e. The maximum Gasteiger partial charge on any atom is 0.418 e. The minimum atomic E-state index is -4.39. The first-order valence-corrected chi connectivity index (χ1v) is 6.83. The zero-order valence-corrected chi connectivity index (χ0v) is 11.4. The molecule has 1 N–H and O–H groups in total. The van der Waals surface area contributed by atoms with Crippen LogP contribution in [0.1, 0.15) is 37.4 Å². The number of aliphatic hydroxyl groups excluding tert-OH is 1. The topological polar surface area (TPSA) is 36.4 Å². The van der Waals surface area contributed by atoms with Gasteiger partial charge in [0.1, 0.15) is 0 Å². The fourth-order valence-corrected chi connectivity index (χ4v) is 2.77. The third kappa shape index (κ3) is 3.49. The number of alkyl halides is 3. The van der Waals surface area contributed by atoms with E-state index in [-0.39, 0.29) is 18.3 Å². The number of aromatic nitrogens is 1. The first-order chi connectivity index (χ1) is 9.39. The summed E-state index contributed by atoms with van der Waals surface area (Å²) in [6.07, 6.45) is -0.803. The summed E-state index contributed by atoms with van der Waals surface area (Å²) in [6, 6.07) is 2.27. The van der Waals surface area contributed by atoms with Crippen molar-refractivity contribution >= 4 is 0 Å². The molecule has 2 heterocycles. The Morgan fingerprint density at radius 2 is 2.20 bits per heavy atom. The smallest absolute Gasteiger partial charge is 0.392 e. The van der Waals surface area contributed by atoms with Crippen molar-refractivity contribution in [2.24, 2.45) is 0 Å². The Hall–Kier alpha value is -1.14. The minimum Gasteiger partial charge on any atom is -0.392 e. The molecule has 1 aromatic rings. The van der Waals surface area contributed by atoms with Crippen molar-refractivity contribution in [1.82, 2.24) is 9.88 Å². The van der Waals surface area contributed by atoms with Gasteiger partial charge in [0, 0.05) is 18.8 Å². The van der Waals surface area contributed by atoms with Gasteiger partial charge in [0.25, 0.3) is 0 Å². The van der Waals surface area contributed by atoms with Crippen LogP contribution >= 0.6 is 0 Å². The molecule has 1 saturated heterocycles. The Balaban J connectivity index is 2.20. The highest BCUT2D eigenvalue weighted by Gasteiger charge is 2.35. The third-order valence-electron chi connectivity index (χ3n) is 3.77. The third-order valence-corrected chi connectivity index (χ3v) is 3.77. The molecule has 1 aromatic heterocycles. The van der Waals surface area contributed by atoms with Crippen LogP contribution in [0.2, 0.25) is 0 Å². The normalized spacial score (nSPS) is 22.8. The van der Waals surface area contributed by atoms with Crippen LogP contribution in [0.4, 0.5) is 13.2 Å². The van der Waals surface area contributed by atoms with Gasteiger partial charge in [-0.25, -0.2) is 0 Å². The standard InChI is InChI=1S/C14H19F3N2O/c1-10(20)13-6-2-3-8-19(13)9-12-11(14(15,16)17)5-4-7-18-12/h4-5,7,10,13,20H,2-3,6,8-9H2,1H3. The van der Waals surface area contributed by atoms with E-state index in [9.17, 15) is 18.3 Å². The second-order valence-electron chi connectivity index (χ2n) is 5.27. The van der Waals surface area contributed by atoms with Gasteiger partial charge in [0.15, 0.2) is 0 Å². The molecular formula is C14H19F3N2O. The van der Waals surface area contributed by atoms with Crippen molar-refractivity contribution in [3.05, 3.63) is 29.6 Å². The van der Waals surface area contributed by atoms with Crippen molar-refractivity contribution in [3.63, 3.8) is 0 Å². The van der Waals surface area contributed by atoms with Crippen LogP contribution in [-0.4, -0.2) is 33.7 Å². The fourth-order valence-electron chi connectivity index (χ4n) is 2.77. The van der Waals surface area contributed by atoms with Crippen LogP contribution in [-0.2, 0) is 12.7 Å². The van der Waals surface area contributed by atoms with E-state index in [1.54, 1.807) is 6.92 Å². The van der Waals surface area contributed by atoms with Gasteiger partial charge in [-0.2, -0.15) is 13.2 Å².